The first-order valence-corrected chi connectivity index (χ1v) is 7.58. The number of piperidine rings is 1. The monoisotopic (exact) mass is 296 g/mol. The summed E-state index contributed by atoms with van der Waals surface area (Å²) in [6.07, 6.45) is 1.67. The van der Waals surface area contributed by atoms with E-state index in [9.17, 15) is 4.79 Å². The highest BCUT2D eigenvalue weighted by Crippen LogP contribution is 2.32. The number of nitrogens with zero attached hydrogens (tertiary/aromatic N) is 1. The van der Waals surface area contributed by atoms with Crippen molar-refractivity contribution in [3.8, 4) is 0 Å². The van der Waals surface area contributed by atoms with Crippen LogP contribution in [-0.2, 0) is 11.3 Å². The maximum atomic E-state index is 12.0. The summed E-state index contributed by atoms with van der Waals surface area (Å²) in [4.78, 5) is 13.8. The quantitative estimate of drug-likeness (QED) is 0.861. The van der Waals surface area contributed by atoms with Gasteiger partial charge in [-0.15, -0.1) is 0 Å². The molecule has 5 heteroatoms. The van der Waals surface area contributed by atoms with Crippen molar-refractivity contribution in [3.05, 3.63) is 28.8 Å². The molecule has 3 rings (SSSR count). The Morgan fingerprint density at radius 1 is 1.30 bits per heavy atom. The zero-order valence-corrected chi connectivity index (χ0v) is 12.7. The second kappa shape index (κ2) is 6.95. The van der Waals surface area contributed by atoms with Crippen molar-refractivity contribution < 1.29 is 9.53 Å². The fourth-order valence-electron chi connectivity index (χ4n) is 2.62. The van der Waals surface area contributed by atoms with Gasteiger partial charge in [0.25, 0.3) is 0 Å². The number of hydrogen-bond acceptors (Lipinski definition) is 3. The number of amides is 1. The molecule has 0 atom stereocenters. The van der Waals surface area contributed by atoms with Crippen LogP contribution in [0.4, 0.5) is 10.5 Å². The van der Waals surface area contributed by atoms with Crippen molar-refractivity contribution in [2.24, 2.45) is 0 Å². The van der Waals surface area contributed by atoms with Crippen molar-refractivity contribution in [1.82, 2.24) is 5.32 Å². The Hall–Kier alpha value is -1.26. The minimum absolute atomic E-state index is 0.221. The molecule has 0 aliphatic carbocycles. The number of anilines is 1. The molecule has 0 spiro atoms. The maximum Gasteiger partial charge on any atom is 0.414 e. The van der Waals surface area contributed by atoms with Crippen LogP contribution in [0.5, 0.6) is 0 Å². The average Bonchev–Trinajstić information content (AvgIpc) is 2.50. The molecule has 1 saturated heterocycles. The molecule has 1 aromatic carbocycles. The van der Waals surface area contributed by atoms with Gasteiger partial charge >= 0.3 is 6.09 Å². The second-order valence-electron chi connectivity index (χ2n) is 4.68. The molecule has 0 saturated carbocycles. The largest absolute Gasteiger partial charge is 0.444 e. The lowest BCUT2D eigenvalue weighted by atomic mass is 10.0. The van der Waals surface area contributed by atoms with E-state index in [2.05, 4.69) is 5.32 Å². The van der Waals surface area contributed by atoms with Gasteiger partial charge in [0.05, 0.1) is 5.69 Å². The summed E-state index contributed by atoms with van der Waals surface area (Å²) in [5.74, 6) is 0. The van der Waals surface area contributed by atoms with E-state index in [1.807, 2.05) is 32.0 Å². The summed E-state index contributed by atoms with van der Waals surface area (Å²) in [6.45, 7) is 6.20. The van der Waals surface area contributed by atoms with Crippen molar-refractivity contribution in [2.45, 2.75) is 39.3 Å². The lowest BCUT2D eigenvalue weighted by Crippen LogP contribution is -2.48. The minimum atomic E-state index is -0.239. The maximum absolute atomic E-state index is 12.0. The predicted octanol–water partition coefficient (Wildman–Crippen LogP) is 3.57. The smallest absolute Gasteiger partial charge is 0.414 e. The van der Waals surface area contributed by atoms with Gasteiger partial charge in [-0.25, -0.2) is 4.79 Å². The molecule has 4 nitrogen and oxygen atoms in total. The molecule has 0 bridgehead atoms. The number of cyclic esters (lactones) is 1. The van der Waals surface area contributed by atoms with Gasteiger partial charge < -0.3 is 10.1 Å². The predicted molar refractivity (Wildman–Crippen MR) is 81.4 cm³/mol. The first-order chi connectivity index (χ1) is 9.75. The molecular weight excluding hydrogens is 276 g/mol. The third-order valence-corrected chi connectivity index (χ3v) is 3.76. The van der Waals surface area contributed by atoms with Gasteiger partial charge in [-0.3, -0.25) is 4.90 Å². The molecule has 1 N–H and O–H groups in total. The topological polar surface area (TPSA) is 41.6 Å². The van der Waals surface area contributed by atoms with Gasteiger partial charge in [0.1, 0.15) is 6.61 Å². The number of nitrogens with one attached hydrogen (secondary N) is 1. The van der Waals surface area contributed by atoms with Crippen LogP contribution in [-0.4, -0.2) is 25.2 Å². The Bertz CT molecular complexity index is 473. The van der Waals surface area contributed by atoms with E-state index < -0.39 is 0 Å². The Morgan fingerprint density at radius 2 is 2.00 bits per heavy atom. The van der Waals surface area contributed by atoms with Gasteiger partial charge in [0.2, 0.25) is 0 Å². The van der Waals surface area contributed by atoms with Gasteiger partial charge in [-0.2, -0.15) is 0 Å². The van der Waals surface area contributed by atoms with Crippen molar-refractivity contribution >= 4 is 23.4 Å². The lowest BCUT2D eigenvalue weighted by Gasteiger charge is -2.37. The van der Waals surface area contributed by atoms with Crippen LogP contribution in [0.25, 0.3) is 0 Å². The number of fused-ring (bicyclic) bond motifs is 1. The third-order valence-electron chi connectivity index (χ3n) is 3.52. The summed E-state index contributed by atoms with van der Waals surface area (Å²) >= 11 is 5.98. The Balaban J connectivity index is 0.000000704. The first kappa shape index (κ1) is 15.1. The second-order valence-corrected chi connectivity index (χ2v) is 5.12. The van der Waals surface area contributed by atoms with E-state index in [1.165, 1.54) is 0 Å². The van der Waals surface area contributed by atoms with E-state index in [1.54, 1.807) is 4.90 Å². The molecule has 0 radical (unpaired) electrons. The molecule has 2 aliphatic heterocycles. The Morgan fingerprint density at radius 3 is 2.70 bits per heavy atom. The summed E-state index contributed by atoms with van der Waals surface area (Å²) < 4.78 is 5.23. The number of benzene rings is 1. The summed E-state index contributed by atoms with van der Waals surface area (Å²) in [5, 5.41) is 3.98. The van der Waals surface area contributed by atoms with Crippen LogP contribution in [0.15, 0.2) is 18.2 Å². The average molecular weight is 297 g/mol. The van der Waals surface area contributed by atoms with Crippen LogP contribution in [0, 0.1) is 0 Å². The number of carbonyl (C=O) groups excluding carboxylic acids is 1. The standard InChI is InChI=1S/C13H15ClN2O2.C2H6/c14-10-1-2-12-9(7-10)8-18-13(17)16(12)11-3-5-15-6-4-11;1-2/h1-2,7,11,15H,3-6,8H2;1-2H3. The summed E-state index contributed by atoms with van der Waals surface area (Å²) in [5.41, 5.74) is 1.93. The fraction of sp³-hybridized carbons (Fsp3) is 0.533. The lowest BCUT2D eigenvalue weighted by molar-refractivity contribution is 0.137. The fourth-order valence-corrected chi connectivity index (χ4v) is 2.82. The van der Waals surface area contributed by atoms with E-state index in [0.29, 0.717) is 11.6 Å². The van der Waals surface area contributed by atoms with Crippen LogP contribution >= 0.6 is 11.6 Å². The SMILES string of the molecule is CC.O=C1OCc2cc(Cl)ccc2N1C1CCNCC1. The van der Waals surface area contributed by atoms with Gasteiger partial charge in [0, 0.05) is 16.6 Å². The molecule has 1 aromatic rings. The van der Waals surface area contributed by atoms with E-state index in [4.69, 9.17) is 16.3 Å². The molecule has 1 fully saturated rings. The number of ether oxygens (including phenoxy) is 1. The summed E-state index contributed by atoms with van der Waals surface area (Å²) in [7, 11) is 0. The highest BCUT2D eigenvalue weighted by molar-refractivity contribution is 6.30. The van der Waals surface area contributed by atoms with Gasteiger partial charge in [0.15, 0.2) is 0 Å². The molecule has 20 heavy (non-hydrogen) atoms. The van der Waals surface area contributed by atoms with Crippen LogP contribution in [0.1, 0.15) is 32.3 Å². The summed E-state index contributed by atoms with van der Waals surface area (Å²) in [6, 6.07) is 5.84. The Labute approximate surface area is 125 Å². The van der Waals surface area contributed by atoms with Gasteiger partial charge in [-0.05, 0) is 44.1 Å². The molecule has 0 aromatic heterocycles. The van der Waals surface area contributed by atoms with Crippen LogP contribution < -0.4 is 10.2 Å². The van der Waals surface area contributed by atoms with Crippen molar-refractivity contribution in [1.29, 1.82) is 0 Å². The highest BCUT2D eigenvalue weighted by Gasteiger charge is 2.32. The van der Waals surface area contributed by atoms with Crippen molar-refractivity contribution in [3.63, 3.8) is 0 Å². The van der Waals surface area contributed by atoms with Crippen LogP contribution in [0.2, 0.25) is 5.02 Å². The molecule has 1 amide bonds. The zero-order valence-electron chi connectivity index (χ0n) is 12.0. The highest BCUT2D eigenvalue weighted by atomic mass is 35.5. The number of rotatable bonds is 1. The molecule has 2 heterocycles. The normalized spacial score (nSPS) is 18.8. The van der Waals surface area contributed by atoms with Gasteiger partial charge in [-0.1, -0.05) is 25.4 Å². The zero-order chi connectivity index (χ0) is 14.5. The first-order valence-electron chi connectivity index (χ1n) is 7.21. The molecule has 0 unspecified atom stereocenters. The Kier molecular flexibility index (Phi) is 5.26. The number of carbonyl (C=O) groups is 1. The van der Waals surface area contributed by atoms with E-state index in [-0.39, 0.29) is 12.1 Å². The van der Waals surface area contributed by atoms with Crippen LogP contribution in [0.3, 0.4) is 0 Å². The van der Waals surface area contributed by atoms with E-state index in [0.717, 1.165) is 37.2 Å². The molecule has 110 valence electrons. The van der Waals surface area contributed by atoms with E-state index >= 15 is 0 Å². The minimum Gasteiger partial charge on any atom is -0.444 e. The van der Waals surface area contributed by atoms with Crippen molar-refractivity contribution in [2.75, 3.05) is 18.0 Å². The third kappa shape index (κ3) is 3.07. The number of hydrogen-bond donors (Lipinski definition) is 1. The number of halogens is 1. The molecule has 2 aliphatic rings. The molecular formula is C15H21ClN2O2.